The van der Waals surface area contributed by atoms with E-state index in [9.17, 15) is 13.2 Å². The van der Waals surface area contributed by atoms with Gasteiger partial charge in [-0.1, -0.05) is 24.3 Å². The average Bonchev–Trinajstić information content (AvgIpc) is 3.09. The molecule has 0 unspecified atom stereocenters. The molecule has 1 atom stereocenters. The maximum Gasteiger partial charge on any atom is 0.237 e. The maximum atomic E-state index is 12.5. The van der Waals surface area contributed by atoms with E-state index in [1.165, 1.54) is 15.4 Å². The van der Waals surface area contributed by atoms with Gasteiger partial charge in [0.25, 0.3) is 0 Å². The van der Waals surface area contributed by atoms with Crippen LogP contribution >= 0.6 is 0 Å². The van der Waals surface area contributed by atoms with E-state index in [0.29, 0.717) is 19.5 Å². The zero-order valence-corrected chi connectivity index (χ0v) is 14.9. The van der Waals surface area contributed by atoms with Gasteiger partial charge < -0.3 is 5.32 Å². The molecule has 0 saturated carbocycles. The van der Waals surface area contributed by atoms with Crippen molar-refractivity contribution in [3.05, 3.63) is 35.4 Å². The van der Waals surface area contributed by atoms with Crippen molar-refractivity contribution < 1.29 is 13.2 Å². The molecule has 1 amide bonds. The predicted octanol–water partition coefficient (Wildman–Crippen LogP) is 0.585. The average molecular weight is 351 g/mol. The minimum atomic E-state index is -3.24. The van der Waals surface area contributed by atoms with Gasteiger partial charge in [0.15, 0.2) is 0 Å². The van der Waals surface area contributed by atoms with Crippen LogP contribution in [0, 0.1) is 0 Å². The SMILES string of the molecule is CN1Cc2ccccc2C[C@@H]1C(=O)NCCS(=O)(=O)N1CCCC1. The number of hydrogen-bond donors (Lipinski definition) is 1. The van der Waals surface area contributed by atoms with Crippen LogP contribution in [0.4, 0.5) is 0 Å². The summed E-state index contributed by atoms with van der Waals surface area (Å²) in [5, 5.41) is 2.81. The molecule has 0 radical (unpaired) electrons. The molecule has 3 rings (SSSR count). The molecule has 1 aromatic rings. The third-order valence-electron chi connectivity index (χ3n) is 4.90. The van der Waals surface area contributed by atoms with Gasteiger partial charge >= 0.3 is 0 Å². The third kappa shape index (κ3) is 3.79. The number of sulfonamides is 1. The van der Waals surface area contributed by atoms with Crippen LogP contribution in [0.3, 0.4) is 0 Å². The minimum absolute atomic E-state index is 0.0221. The van der Waals surface area contributed by atoms with Crippen molar-refractivity contribution in [3.8, 4) is 0 Å². The van der Waals surface area contributed by atoms with Crippen LogP contribution in [0.1, 0.15) is 24.0 Å². The summed E-state index contributed by atoms with van der Waals surface area (Å²) < 4.78 is 25.9. The van der Waals surface area contributed by atoms with Gasteiger partial charge in [-0.2, -0.15) is 0 Å². The quantitative estimate of drug-likeness (QED) is 0.843. The summed E-state index contributed by atoms with van der Waals surface area (Å²) in [6.45, 7) is 2.13. The lowest BCUT2D eigenvalue weighted by atomic mass is 9.94. The first-order valence-electron chi connectivity index (χ1n) is 8.50. The molecule has 1 aromatic carbocycles. The van der Waals surface area contributed by atoms with Crippen molar-refractivity contribution >= 4 is 15.9 Å². The van der Waals surface area contributed by atoms with E-state index in [2.05, 4.69) is 17.4 Å². The Labute approximate surface area is 143 Å². The standard InChI is InChI=1S/C17H25N3O3S/c1-19-13-15-7-3-2-6-14(15)12-16(19)17(21)18-8-11-24(22,23)20-9-4-5-10-20/h2-3,6-7,16H,4-5,8-13H2,1H3,(H,18,21)/t16-/m1/s1. The minimum Gasteiger partial charge on any atom is -0.354 e. The molecule has 2 aliphatic heterocycles. The Morgan fingerprint density at radius 2 is 1.88 bits per heavy atom. The van der Waals surface area contributed by atoms with E-state index in [1.807, 2.05) is 24.1 Å². The largest absolute Gasteiger partial charge is 0.354 e. The van der Waals surface area contributed by atoms with Crippen molar-refractivity contribution in [2.45, 2.75) is 31.8 Å². The number of nitrogens with one attached hydrogen (secondary N) is 1. The summed E-state index contributed by atoms with van der Waals surface area (Å²) in [7, 11) is -1.31. The summed E-state index contributed by atoms with van der Waals surface area (Å²) in [6, 6.07) is 7.90. The van der Waals surface area contributed by atoms with Crippen molar-refractivity contribution in [1.82, 2.24) is 14.5 Å². The number of fused-ring (bicyclic) bond motifs is 1. The van der Waals surface area contributed by atoms with Gasteiger partial charge in [-0.15, -0.1) is 0 Å². The van der Waals surface area contributed by atoms with E-state index in [4.69, 9.17) is 0 Å². The highest BCUT2D eigenvalue weighted by molar-refractivity contribution is 7.89. The third-order valence-corrected chi connectivity index (χ3v) is 6.78. The summed E-state index contributed by atoms with van der Waals surface area (Å²) in [4.78, 5) is 14.5. The fourth-order valence-electron chi connectivity index (χ4n) is 3.46. The molecule has 132 valence electrons. The van der Waals surface area contributed by atoms with Gasteiger partial charge in [0.2, 0.25) is 15.9 Å². The monoisotopic (exact) mass is 351 g/mol. The summed E-state index contributed by atoms with van der Waals surface area (Å²) >= 11 is 0. The molecule has 6 nitrogen and oxygen atoms in total. The summed E-state index contributed by atoms with van der Waals surface area (Å²) in [6.07, 6.45) is 2.52. The number of rotatable bonds is 5. The Hall–Kier alpha value is -1.44. The molecule has 0 spiro atoms. The lowest BCUT2D eigenvalue weighted by Crippen LogP contribution is -2.49. The van der Waals surface area contributed by atoms with Gasteiger partial charge in [-0.25, -0.2) is 12.7 Å². The van der Waals surface area contributed by atoms with Crippen LogP contribution in [0.2, 0.25) is 0 Å². The zero-order valence-electron chi connectivity index (χ0n) is 14.1. The lowest BCUT2D eigenvalue weighted by molar-refractivity contribution is -0.126. The Kier molecular flexibility index (Phi) is 5.22. The molecule has 7 heteroatoms. The topological polar surface area (TPSA) is 69.7 Å². The lowest BCUT2D eigenvalue weighted by Gasteiger charge is -2.33. The number of amides is 1. The zero-order chi connectivity index (χ0) is 17.2. The first kappa shape index (κ1) is 17.4. The Morgan fingerprint density at radius 3 is 2.58 bits per heavy atom. The number of hydrogen-bond acceptors (Lipinski definition) is 4. The smallest absolute Gasteiger partial charge is 0.237 e. The second-order valence-corrected chi connectivity index (χ2v) is 8.71. The second kappa shape index (κ2) is 7.21. The molecule has 2 heterocycles. The fourth-order valence-corrected chi connectivity index (χ4v) is 4.90. The highest BCUT2D eigenvalue weighted by atomic mass is 32.2. The van der Waals surface area contributed by atoms with Crippen LogP contribution in [-0.4, -0.2) is 62.0 Å². The normalized spacial score (nSPS) is 22.3. The first-order chi connectivity index (χ1) is 11.5. The summed E-state index contributed by atoms with van der Waals surface area (Å²) in [5.41, 5.74) is 2.45. The molecule has 24 heavy (non-hydrogen) atoms. The van der Waals surface area contributed by atoms with E-state index >= 15 is 0 Å². The van der Waals surface area contributed by atoms with E-state index < -0.39 is 10.0 Å². The second-order valence-electron chi connectivity index (χ2n) is 6.62. The molecule has 0 bridgehead atoms. The molecule has 2 aliphatic rings. The van der Waals surface area contributed by atoms with Gasteiger partial charge in [0, 0.05) is 26.2 Å². The van der Waals surface area contributed by atoms with Gasteiger partial charge in [-0.3, -0.25) is 9.69 Å². The van der Waals surface area contributed by atoms with Crippen LogP contribution < -0.4 is 5.32 Å². The Bertz CT molecular complexity index is 699. The fraction of sp³-hybridized carbons (Fsp3) is 0.588. The van der Waals surface area contributed by atoms with Crippen molar-refractivity contribution in [1.29, 1.82) is 0 Å². The van der Waals surface area contributed by atoms with Crippen LogP contribution in [-0.2, 0) is 27.8 Å². The number of benzene rings is 1. The Balaban J connectivity index is 1.54. The molecular formula is C17H25N3O3S. The molecule has 1 fully saturated rings. The summed E-state index contributed by atoms with van der Waals surface area (Å²) in [5.74, 6) is -0.116. The number of likely N-dealkylation sites (N-methyl/N-ethyl adjacent to an activating group) is 1. The van der Waals surface area contributed by atoms with Crippen LogP contribution in [0.5, 0.6) is 0 Å². The number of carbonyl (C=O) groups is 1. The van der Waals surface area contributed by atoms with E-state index in [0.717, 1.165) is 19.4 Å². The van der Waals surface area contributed by atoms with Crippen molar-refractivity contribution in [2.24, 2.45) is 0 Å². The van der Waals surface area contributed by atoms with E-state index in [-0.39, 0.29) is 24.2 Å². The Morgan fingerprint density at radius 1 is 1.21 bits per heavy atom. The molecule has 1 saturated heterocycles. The van der Waals surface area contributed by atoms with Crippen molar-refractivity contribution in [2.75, 3.05) is 32.4 Å². The van der Waals surface area contributed by atoms with Crippen LogP contribution in [0.25, 0.3) is 0 Å². The van der Waals surface area contributed by atoms with Crippen molar-refractivity contribution in [3.63, 3.8) is 0 Å². The number of nitrogens with zero attached hydrogens (tertiary/aromatic N) is 2. The molecule has 0 aliphatic carbocycles. The molecule has 1 N–H and O–H groups in total. The molecular weight excluding hydrogens is 326 g/mol. The van der Waals surface area contributed by atoms with Gasteiger partial charge in [-0.05, 0) is 37.4 Å². The number of carbonyl (C=O) groups excluding carboxylic acids is 1. The first-order valence-corrected chi connectivity index (χ1v) is 10.1. The highest BCUT2D eigenvalue weighted by Crippen LogP contribution is 2.22. The highest BCUT2D eigenvalue weighted by Gasteiger charge is 2.29. The maximum absolute atomic E-state index is 12.5. The van der Waals surface area contributed by atoms with E-state index in [1.54, 1.807) is 0 Å². The van der Waals surface area contributed by atoms with Crippen LogP contribution in [0.15, 0.2) is 24.3 Å². The molecule has 0 aromatic heterocycles. The van der Waals surface area contributed by atoms with Gasteiger partial charge in [0.05, 0.1) is 11.8 Å². The predicted molar refractivity (Wildman–Crippen MR) is 93.0 cm³/mol. The van der Waals surface area contributed by atoms with Gasteiger partial charge in [0.1, 0.15) is 0 Å².